The number of nitrogens with two attached hydrogens (primary N) is 2. The van der Waals surface area contributed by atoms with Crippen LogP contribution < -0.4 is 11.5 Å². The van der Waals surface area contributed by atoms with Crippen molar-refractivity contribution in [3.63, 3.8) is 0 Å². The molecule has 1 unspecified atom stereocenters. The highest BCUT2D eigenvalue weighted by Gasteiger charge is 2.15. The van der Waals surface area contributed by atoms with Crippen molar-refractivity contribution in [3.05, 3.63) is 28.8 Å². The number of esters is 2. The first kappa shape index (κ1) is 19.5. The van der Waals surface area contributed by atoms with Gasteiger partial charge in [-0.3, -0.25) is 9.59 Å². The van der Waals surface area contributed by atoms with Crippen LogP contribution in [0, 0.1) is 0 Å². The highest BCUT2D eigenvalue weighted by atomic mass is 35.5. The van der Waals surface area contributed by atoms with Crippen LogP contribution in [0.2, 0.25) is 5.02 Å². The van der Waals surface area contributed by atoms with Crippen molar-refractivity contribution < 1.29 is 29.3 Å². The minimum Gasteiger partial charge on any atom is -0.508 e. The van der Waals surface area contributed by atoms with Gasteiger partial charge in [0.1, 0.15) is 31.6 Å². The van der Waals surface area contributed by atoms with Crippen LogP contribution in [0.15, 0.2) is 23.2 Å². The van der Waals surface area contributed by atoms with Crippen LogP contribution in [0.5, 0.6) is 5.75 Å². The third kappa shape index (κ3) is 7.16. The molecule has 1 aromatic rings. The molecule has 0 amide bonds. The van der Waals surface area contributed by atoms with Gasteiger partial charge in [-0.2, -0.15) is 0 Å². The van der Waals surface area contributed by atoms with Gasteiger partial charge in [0, 0.05) is 10.6 Å². The van der Waals surface area contributed by atoms with Crippen LogP contribution in [-0.2, 0) is 25.5 Å². The number of aliphatic hydroxyl groups is 1. The molecule has 0 saturated carbocycles. The molecule has 0 aliphatic heterocycles. The van der Waals surface area contributed by atoms with Crippen LogP contribution in [0.3, 0.4) is 0 Å². The Bertz CT molecular complexity index is 598. The van der Waals surface area contributed by atoms with Crippen LogP contribution in [0.1, 0.15) is 5.56 Å². The van der Waals surface area contributed by atoms with Crippen LogP contribution in [0.4, 0.5) is 0 Å². The van der Waals surface area contributed by atoms with Gasteiger partial charge in [-0.25, -0.2) is 4.99 Å². The molecule has 1 rings (SSSR count). The standard InChI is InChI=1S/C14H18ClN3O6/c15-10-2-1-3-11(20)9(10)4-12(21)23-6-8(19)7-24-13(22)5-18-14(16)17/h1-3,8,19-20H,4-7H2,(H4,16,17,18). The molecule has 0 radical (unpaired) electrons. The van der Waals surface area contributed by atoms with Gasteiger partial charge in [0.25, 0.3) is 0 Å². The average molecular weight is 360 g/mol. The number of hydrogen-bond acceptors (Lipinski definition) is 7. The second-order valence-corrected chi connectivity index (χ2v) is 5.08. The number of hydrogen-bond donors (Lipinski definition) is 4. The number of halogens is 1. The maximum absolute atomic E-state index is 11.7. The molecular formula is C14H18ClN3O6. The van der Waals surface area contributed by atoms with Crippen molar-refractivity contribution >= 4 is 29.5 Å². The molecule has 9 nitrogen and oxygen atoms in total. The first-order chi connectivity index (χ1) is 11.3. The number of phenols is 1. The molecule has 10 heteroatoms. The second-order valence-electron chi connectivity index (χ2n) is 4.68. The molecule has 0 saturated heterocycles. The average Bonchev–Trinajstić information content (AvgIpc) is 2.52. The Hall–Kier alpha value is -2.52. The predicted molar refractivity (Wildman–Crippen MR) is 85.4 cm³/mol. The maximum atomic E-state index is 11.7. The number of aromatic hydroxyl groups is 1. The summed E-state index contributed by atoms with van der Waals surface area (Å²) in [4.78, 5) is 26.3. The zero-order valence-corrected chi connectivity index (χ0v) is 13.4. The number of aliphatic hydroxyl groups excluding tert-OH is 1. The highest BCUT2D eigenvalue weighted by molar-refractivity contribution is 6.31. The Labute approximate surface area is 142 Å². The molecule has 24 heavy (non-hydrogen) atoms. The van der Waals surface area contributed by atoms with Gasteiger partial charge in [0.15, 0.2) is 5.96 Å². The van der Waals surface area contributed by atoms with Gasteiger partial charge in [-0.15, -0.1) is 0 Å². The van der Waals surface area contributed by atoms with Crippen molar-refractivity contribution in [1.29, 1.82) is 0 Å². The van der Waals surface area contributed by atoms with Crippen molar-refractivity contribution in [1.82, 2.24) is 0 Å². The van der Waals surface area contributed by atoms with Crippen LogP contribution >= 0.6 is 11.6 Å². The van der Waals surface area contributed by atoms with E-state index in [4.69, 9.17) is 27.8 Å². The lowest BCUT2D eigenvalue weighted by Crippen LogP contribution is -2.28. The third-order valence-corrected chi connectivity index (χ3v) is 3.03. The van der Waals surface area contributed by atoms with Gasteiger partial charge >= 0.3 is 11.9 Å². The van der Waals surface area contributed by atoms with E-state index < -0.39 is 18.0 Å². The number of carbonyl (C=O) groups is 2. The summed E-state index contributed by atoms with van der Waals surface area (Å²) in [7, 11) is 0. The number of carbonyl (C=O) groups excluding carboxylic acids is 2. The Balaban J connectivity index is 2.34. The molecule has 0 aliphatic carbocycles. The fourth-order valence-corrected chi connectivity index (χ4v) is 1.78. The second kappa shape index (κ2) is 9.58. The zero-order chi connectivity index (χ0) is 18.1. The number of guanidine groups is 1. The van der Waals surface area contributed by atoms with E-state index in [0.29, 0.717) is 0 Å². The Morgan fingerprint density at radius 3 is 2.42 bits per heavy atom. The molecule has 6 N–H and O–H groups in total. The lowest BCUT2D eigenvalue weighted by Gasteiger charge is -2.12. The summed E-state index contributed by atoms with van der Waals surface area (Å²) in [5, 5.41) is 19.4. The van der Waals surface area contributed by atoms with E-state index in [0.717, 1.165) is 0 Å². The summed E-state index contributed by atoms with van der Waals surface area (Å²) in [6.07, 6.45) is -1.47. The molecule has 0 bridgehead atoms. The number of phenolic OH excluding ortho intramolecular Hbond substituents is 1. The number of benzene rings is 1. The van der Waals surface area contributed by atoms with Gasteiger partial charge in [-0.05, 0) is 12.1 Å². The lowest BCUT2D eigenvalue weighted by molar-refractivity contribution is -0.151. The van der Waals surface area contributed by atoms with E-state index in [2.05, 4.69) is 9.73 Å². The van der Waals surface area contributed by atoms with Crippen molar-refractivity contribution in [2.45, 2.75) is 12.5 Å². The summed E-state index contributed by atoms with van der Waals surface area (Å²) < 4.78 is 9.51. The quantitative estimate of drug-likeness (QED) is 0.270. The molecule has 132 valence electrons. The summed E-state index contributed by atoms with van der Waals surface area (Å²) >= 11 is 5.87. The molecule has 0 heterocycles. The Morgan fingerprint density at radius 1 is 1.21 bits per heavy atom. The van der Waals surface area contributed by atoms with Gasteiger partial charge in [0.2, 0.25) is 0 Å². The normalized spacial score (nSPS) is 11.4. The Kier molecular flexibility index (Phi) is 7.80. The lowest BCUT2D eigenvalue weighted by atomic mass is 10.1. The molecule has 0 aliphatic rings. The largest absolute Gasteiger partial charge is 0.508 e. The summed E-state index contributed by atoms with van der Waals surface area (Å²) in [5.41, 5.74) is 10.3. The first-order valence-corrected chi connectivity index (χ1v) is 7.18. The van der Waals surface area contributed by atoms with Crippen molar-refractivity contribution in [2.75, 3.05) is 19.8 Å². The predicted octanol–water partition coefficient (Wildman–Crippen LogP) is -0.691. The molecular weight excluding hydrogens is 342 g/mol. The summed E-state index contributed by atoms with van der Waals surface area (Å²) in [6.45, 7) is -1.15. The van der Waals surface area contributed by atoms with Gasteiger partial charge in [-0.1, -0.05) is 17.7 Å². The van der Waals surface area contributed by atoms with E-state index in [1.807, 2.05) is 0 Å². The molecule has 0 spiro atoms. The van der Waals surface area contributed by atoms with Gasteiger partial charge < -0.3 is 31.2 Å². The molecule has 0 fully saturated rings. The van der Waals surface area contributed by atoms with Gasteiger partial charge in [0.05, 0.1) is 6.42 Å². The minimum atomic E-state index is -1.21. The van der Waals surface area contributed by atoms with Crippen LogP contribution in [0.25, 0.3) is 0 Å². The number of nitrogens with zero attached hydrogens (tertiary/aromatic N) is 1. The fourth-order valence-electron chi connectivity index (χ4n) is 1.55. The van der Waals surface area contributed by atoms with E-state index in [1.165, 1.54) is 18.2 Å². The van der Waals surface area contributed by atoms with Crippen molar-refractivity contribution in [3.8, 4) is 5.75 Å². The topological polar surface area (TPSA) is 157 Å². The monoisotopic (exact) mass is 359 g/mol. The smallest absolute Gasteiger partial charge is 0.327 e. The minimum absolute atomic E-state index is 0.131. The highest BCUT2D eigenvalue weighted by Crippen LogP contribution is 2.25. The Morgan fingerprint density at radius 2 is 1.83 bits per heavy atom. The van der Waals surface area contributed by atoms with E-state index >= 15 is 0 Å². The summed E-state index contributed by atoms with van der Waals surface area (Å²) in [5.74, 6) is -1.84. The van der Waals surface area contributed by atoms with E-state index in [-0.39, 0.29) is 48.5 Å². The van der Waals surface area contributed by atoms with E-state index in [9.17, 15) is 19.8 Å². The van der Waals surface area contributed by atoms with Crippen molar-refractivity contribution in [2.24, 2.45) is 16.5 Å². The van der Waals surface area contributed by atoms with E-state index in [1.54, 1.807) is 0 Å². The first-order valence-electron chi connectivity index (χ1n) is 6.80. The molecule has 0 aromatic heterocycles. The maximum Gasteiger partial charge on any atom is 0.327 e. The number of rotatable bonds is 8. The van der Waals surface area contributed by atoms with Crippen LogP contribution in [-0.4, -0.2) is 54.0 Å². The SMILES string of the molecule is NC(N)=NCC(=O)OCC(O)COC(=O)Cc1c(O)cccc1Cl. The molecule has 1 atom stereocenters. The third-order valence-electron chi connectivity index (χ3n) is 2.68. The zero-order valence-electron chi connectivity index (χ0n) is 12.6. The number of aliphatic imine (C=N–C) groups is 1. The number of ether oxygens (including phenoxy) is 2. The summed E-state index contributed by atoms with van der Waals surface area (Å²) in [6, 6.07) is 4.45. The molecule has 1 aromatic carbocycles. The fraction of sp³-hybridized carbons (Fsp3) is 0.357.